The summed E-state index contributed by atoms with van der Waals surface area (Å²) in [4.78, 5) is 0. The first-order valence-electron chi connectivity index (χ1n) is 6.29. The minimum absolute atomic E-state index is 0.190. The highest BCUT2D eigenvalue weighted by molar-refractivity contribution is 5.46. The maximum Gasteiger partial charge on any atom is 0.127 e. The summed E-state index contributed by atoms with van der Waals surface area (Å²) in [7, 11) is 5.15. The molecule has 0 saturated carbocycles. The number of nitrogens with zero attached hydrogens (tertiary/aromatic N) is 2. The van der Waals surface area contributed by atoms with E-state index < -0.39 is 0 Å². The van der Waals surface area contributed by atoms with Crippen LogP contribution in [0.3, 0.4) is 0 Å². The van der Waals surface area contributed by atoms with Crippen LogP contribution in [0.1, 0.15) is 22.9 Å². The summed E-state index contributed by atoms with van der Waals surface area (Å²) >= 11 is 0. The molecule has 0 amide bonds. The minimum Gasteiger partial charge on any atom is -0.497 e. The zero-order valence-corrected chi connectivity index (χ0v) is 12.2. The van der Waals surface area contributed by atoms with E-state index in [1.807, 2.05) is 43.0 Å². The van der Waals surface area contributed by atoms with Gasteiger partial charge in [0, 0.05) is 29.9 Å². The largest absolute Gasteiger partial charge is 0.497 e. The summed E-state index contributed by atoms with van der Waals surface area (Å²) in [6.45, 7) is 2.00. The van der Waals surface area contributed by atoms with Crippen LogP contribution in [0.2, 0.25) is 0 Å². The molecule has 0 bridgehead atoms. The molecule has 108 valence electrons. The standard InChI is InChI=1S/C14H20N4O2/c1-9-12(8-16-18(9)2)14(17-15)11-6-5-10(19-3)7-13(11)20-4/h5-8,14,17H,15H2,1-4H3. The third kappa shape index (κ3) is 2.48. The summed E-state index contributed by atoms with van der Waals surface area (Å²) < 4.78 is 12.5. The number of hydrogen-bond donors (Lipinski definition) is 2. The van der Waals surface area contributed by atoms with Crippen molar-refractivity contribution in [2.24, 2.45) is 12.9 Å². The normalized spacial score (nSPS) is 12.2. The van der Waals surface area contributed by atoms with Gasteiger partial charge in [0.1, 0.15) is 11.5 Å². The molecule has 1 atom stereocenters. The van der Waals surface area contributed by atoms with Crippen molar-refractivity contribution in [3.05, 3.63) is 41.2 Å². The Hall–Kier alpha value is -2.05. The molecule has 0 aliphatic rings. The van der Waals surface area contributed by atoms with Gasteiger partial charge in [0.2, 0.25) is 0 Å². The maximum atomic E-state index is 5.74. The van der Waals surface area contributed by atoms with E-state index >= 15 is 0 Å². The average molecular weight is 276 g/mol. The van der Waals surface area contributed by atoms with Crippen molar-refractivity contribution in [1.82, 2.24) is 15.2 Å². The fraction of sp³-hybridized carbons (Fsp3) is 0.357. The van der Waals surface area contributed by atoms with Gasteiger partial charge in [-0.15, -0.1) is 0 Å². The van der Waals surface area contributed by atoms with E-state index in [9.17, 15) is 0 Å². The lowest BCUT2D eigenvalue weighted by atomic mass is 9.99. The number of hydrazine groups is 1. The second-order valence-electron chi connectivity index (χ2n) is 4.52. The molecule has 2 rings (SSSR count). The topological polar surface area (TPSA) is 74.3 Å². The van der Waals surface area contributed by atoms with Crippen molar-refractivity contribution in [2.75, 3.05) is 14.2 Å². The van der Waals surface area contributed by atoms with Gasteiger partial charge in [0.25, 0.3) is 0 Å². The van der Waals surface area contributed by atoms with E-state index in [1.54, 1.807) is 14.2 Å². The number of aromatic nitrogens is 2. The number of aryl methyl sites for hydroxylation is 1. The SMILES string of the molecule is COc1ccc(C(NN)c2cnn(C)c2C)c(OC)c1. The van der Waals surface area contributed by atoms with E-state index in [-0.39, 0.29) is 6.04 Å². The van der Waals surface area contributed by atoms with Gasteiger partial charge in [-0.05, 0) is 19.1 Å². The van der Waals surface area contributed by atoms with Crippen LogP contribution in [0.4, 0.5) is 0 Å². The predicted octanol–water partition coefficient (Wildman–Crippen LogP) is 1.30. The van der Waals surface area contributed by atoms with Crippen molar-refractivity contribution in [1.29, 1.82) is 0 Å². The lowest BCUT2D eigenvalue weighted by Gasteiger charge is -2.19. The Bertz CT molecular complexity index is 595. The maximum absolute atomic E-state index is 5.74. The van der Waals surface area contributed by atoms with Crippen molar-refractivity contribution in [3.8, 4) is 11.5 Å². The Labute approximate surface area is 118 Å². The first-order chi connectivity index (χ1) is 9.62. The van der Waals surface area contributed by atoms with Crippen LogP contribution in [0.25, 0.3) is 0 Å². The van der Waals surface area contributed by atoms with Crippen LogP contribution in [0, 0.1) is 6.92 Å². The van der Waals surface area contributed by atoms with Crippen LogP contribution in [0.15, 0.2) is 24.4 Å². The van der Waals surface area contributed by atoms with Crippen molar-refractivity contribution >= 4 is 0 Å². The highest BCUT2D eigenvalue weighted by atomic mass is 16.5. The number of methoxy groups -OCH3 is 2. The summed E-state index contributed by atoms with van der Waals surface area (Å²) in [5.41, 5.74) is 5.82. The van der Waals surface area contributed by atoms with Crippen LogP contribution >= 0.6 is 0 Å². The number of nitrogens with two attached hydrogens (primary N) is 1. The molecule has 3 N–H and O–H groups in total. The molecule has 0 aliphatic carbocycles. The molecule has 1 aromatic carbocycles. The van der Waals surface area contributed by atoms with Gasteiger partial charge in [-0.2, -0.15) is 5.10 Å². The molecule has 1 heterocycles. The molecule has 0 saturated heterocycles. The third-order valence-electron chi connectivity index (χ3n) is 3.50. The zero-order valence-electron chi connectivity index (χ0n) is 12.2. The van der Waals surface area contributed by atoms with Gasteiger partial charge in [-0.1, -0.05) is 0 Å². The number of ether oxygens (including phenoxy) is 2. The molecule has 1 unspecified atom stereocenters. The smallest absolute Gasteiger partial charge is 0.127 e. The van der Waals surface area contributed by atoms with E-state index in [4.69, 9.17) is 15.3 Å². The highest BCUT2D eigenvalue weighted by Crippen LogP contribution is 2.33. The summed E-state index contributed by atoms with van der Waals surface area (Å²) in [6, 6.07) is 5.47. The van der Waals surface area contributed by atoms with Gasteiger partial charge < -0.3 is 9.47 Å². The minimum atomic E-state index is -0.190. The fourth-order valence-corrected chi connectivity index (χ4v) is 2.20. The Morgan fingerprint density at radius 1 is 1.25 bits per heavy atom. The number of benzene rings is 1. The van der Waals surface area contributed by atoms with Gasteiger partial charge in [-0.25, -0.2) is 5.43 Å². The van der Waals surface area contributed by atoms with Crippen LogP contribution < -0.4 is 20.7 Å². The van der Waals surface area contributed by atoms with Crippen molar-refractivity contribution in [2.45, 2.75) is 13.0 Å². The Morgan fingerprint density at radius 3 is 2.50 bits per heavy atom. The fourth-order valence-electron chi connectivity index (χ4n) is 2.20. The summed E-state index contributed by atoms with van der Waals surface area (Å²) in [5.74, 6) is 7.19. The quantitative estimate of drug-likeness (QED) is 0.636. The molecule has 0 fully saturated rings. The molecule has 6 heteroatoms. The molecular formula is C14H20N4O2. The van der Waals surface area contributed by atoms with E-state index in [0.717, 1.165) is 28.3 Å². The zero-order chi connectivity index (χ0) is 14.7. The van der Waals surface area contributed by atoms with Gasteiger partial charge >= 0.3 is 0 Å². The van der Waals surface area contributed by atoms with Crippen LogP contribution in [-0.2, 0) is 7.05 Å². The van der Waals surface area contributed by atoms with Gasteiger partial charge in [-0.3, -0.25) is 10.5 Å². The second kappa shape index (κ2) is 5.94. The Balaban J connectivity index is 2.49. The molecule has 2 aromatic rings. The molecule has 20 heavy (non-hydrogen) atoms. The van der Waals surface area contributed by atoms with E-state index in [1.165, 1.54) is 0 Å². The number of rotatable bonds is 5. The van der Waals surface area contributed by atoms with Crippen LogP contribution in [-0.4, -0.2) is 24.0 Å². The molecule has 1 aromatic heterocycles. The first kappa shape index (κ1) is 14.4. The molecule has 6 nitrogen and oxygen atoms in total. The Morgan fingerprint density at radius 2 is 2.00 bits per heavy atom. The number of nitrogens with one attached hydrogen (secondary N) is 1. The molecule has 0 radical (unpaired) electrons. The predicted molar refractivity (Wildman–Crippen MR) is 76.7 cm³/mol. The lowest BCUT2D eigenvalue weighted by Crippen LogP contribution is -2.29. The van der Waals surface area contributed by atoms with E-state index in [2.05, 4.69) is 10.5 Å². The second-order valence-corrected chi connectivity index (χ2v) is 4.52. The lowest BCUT2D eigenvalue weighted by molar-refractivity contribution is 0.387. The highest BCUT2D eigenvalue weighted by Gasteiger charge is 2.21. The monoisotopic (exact) mass is 276 g/mol. The van der Waals surface area contributed by atoms with Crippen molar-refractivity contribution in [3.63, 3.8) is 0 Å². The molecule has 0 spiro atoms. The molecular weight excluding hydrogens is 256 g/mol. The first-order valence-corrected chi connectivity index (χ1v) is 6.29. The van der Waals surface area contributed by atoms with E-state index in [0.29, 0.717) is 0 Å². The van der Waals surface area contributed by atoms with Crippen LogP contribution in [0.5, 0.6) is 11.5 Å². The average Bonchev–Trinajstić information content (AvgIpc) is 2.80. The summed E-state index contributed by atoms with van der Waals surface area (Å²) in [6.07, 6.45) is 1.81. The third-order valence-corrected chi connectivity index (χ3v) is 3.50. The Kier molecular flexibility index (Phi) is 4.26. The van der Waals surface area contributed by atoms with Gasteiger partial charge in [0.05, 0.1) is 26.5 Å². The summed E-state index contributed by atoms with van der Waals surface area (Å²) in [5, 5.41) is 4.26. The van der Waals surface area contributed by atoms with Gasteiger partial charge in [0.15, 0.2) is 0 Å². The van der Waals surface area contributed by atoms with Crippen molar-refractivity contribution < 1.29 is 9.47 Å². The molecule has 0 aliphatic heterocycles. The number of hydrogen-bond acceptors (Lipinski definition) is 5.